The highest BCUT2D eigenvalue weighted by atomic mass is 16.5. The van der Waals surface area contributed by atoms with Gasteiger partial charge in [0, 0.05) is 46.4 Å². The first-order chi connectivity index (χ1) is 15.8. The normalized spacial score (nSPS) is 14.6. The second kappa shape index (κ2) is 10.9. The smallest absolute Gasteiger partial charge is 0.157 e. The minimum absolute atomic E-state index is 0.236. The predicted octanol–water partition coefficient (Wildman–Crippen LogP) is 3.42. The van der Waals surface area contributed by atoms with Crippen LogP contribution < -0.4 is 16.0 Å². The van der Waals surface area contributed by atoms with E-state index in [0.717, 1.165) is 45.0 Å². The molecule has 1 saturated heterocycles. The Balaban J connectivity index is 1.46. The molecular formula is C25H32N6O. The highest BCUT2D eigenvalue weighted by molar-refractivity contribution is 5.75. The van der Waals surface area contributed by atoms with Gasteiger partial charge in [-0.3, -0.25) is 4.90 Å². The summed E-state index contributed by atoms with van der Waals surface area (Å²) in [5.74, 6) is 1.50. The van der Waals surface area contributed by atoms with Gasteiger partial charge in [0.05, 0.1) is 6.04 Å². The molecule has 0 spiro atoms. The Kier molecular flexibility index (Phi) is 7.53. The minimum atomic E-state index is 0.236. The molecule has 0 unspecified atom stereocenters. The van der Waals surface area contributed by atoms with Gasteiger partial charge in [0.15, 0.2) is 11.6 Å². The first-order valence-corrected chi connectivity index (χ1v) is 11.2. The summed E-state index contributed by atoms with van der Waals surface area (Å²) in [7, 11) is 1.71. The molecule has 32 heavy (non-hydrogen) atoms. The summed E-state index contributed by atoms with van der Waals surface area (Å²) < 4.78 is 5.11. The van der Waals surface area contributed by atoms with Crippen LogP contribution in [-0.2, 0) is 4.74 Å². The summed E-state index contributed by atoms with van der Waals surface area (Å²) in [6.07, 6.45) is 2.49. The first kappa shape index (κ1) is 22.0. The van der Waals surface area contributed by atoms with Crippen LogP contribution in [0.3, 0.4) is 0 Å². The average molecular weight is 433 g/mol. The van der Waals surface area contributed by atoms with Crippen molar-refractivity contribution in [3.8, 4) is 0 Å². The molecule has 1 aliphatic heterocycles. The van der Waals surface area contributed by atoms with E-state index in [0.29, 0.717) is 18.1 Å². The highest BCUT2D eigenvalue weighted by Gasteiger charge is 2.27. The lowest BCUT2D eigenvalue weighted by molar-refractivity contribution is 0.198. The maximum Gasteiger partial charge on any atom is 0.157 e. The number of rotatable bonds is 9. The summed E-state index contributed by atoms with van der Waals surface area (Å²) >= 11 is 0. The fourth-order valence-corrected chi connectivity index (χ4v) is 4.28. The summed E-state index contributed by atoms with van der Waals surface area (Å²) in [6.45, 7) is 5.04. The van der Waals surface area contributed by atoms with Crippen molar-refractivity contribution in [1.29, 1.82) is 0 Å². The van der Waals surface area contributed by atoms with E-state index in [9.17, 15) is 0 Å². The Morgan fingerprint density at radius 1 is 0.938 bits per heavy atom. The zero-order valence-corrected chi connectivity index (χ0v) is 18.7. The number of benzene rings is 2. The van der Waals surface area contributed by atoms with Crippen LogP contribution in [0.5, 0.6) is 0 Å². The van der Waals surface area contributed by atoms with E-state index in [-0.39, 0.29) is 6.04 Å². The molecule has 0 radical (unpaired) electrons. The standard InChI is InChI=1S/C25H32N6O/c1-32-18-8-13-27-24-22(26)25(29-19-28-24)31-16-14-30(15-17-31)23(20-9-4-2-5-10-20)21-11-6-3-7-12-21/h2-7,9-12,19,23H,8,13-18,26H2,1H3,(H,27,28,29). The van der Waals surface area contributed by atoms with Crippen LogP contribution in [0.25, 0.3) is 0 Å². The largest absolute Gasteiger partial charge is 0.393 e. The number of nitrogens with two attached hydrogens (primary N) is 1. The van der Waals surface area contributed by atoms with Crippen LogP contribution in [0.2, 0.25) is 0 Å². The number of methoxy groups -OCH3 is 1. The number of hydrogen-bond donors (Lipinski definition) is 2. The molecule has 1 aliphatic rings. The molecule has 0 aliphatic carbocycles. The minimum Gasteiger partial charge on any atom is -0.393 e. The van der Waals surface area contributed by atoms with Crippen LogP contribution in [0.15, 0.2) is 67.0 Å². The van der Waals surface area contributed by atoms with E-state index >= 15 is 0 Å². The second-order valence-corrected chi connectivity index (χ2v) is 7.98. The van der Waals surface area contributed by atoms with Crippen LogP contribution >= 0.6 is 0 Å². The van der Waals surface area contributed by atoms with Crippen molar-refractivity contribution in [2.45, 2.75) is 12.5 Å². The molecule has 0 bridgehead atoms. The second-order valence-electron chi connectivity index (χ2n) is 7.98. The Morgan fingerprint density at radius 3 is 2.16 bits per heavy atom. The third-order valence-corrected chi connectivity index (χ3v) is 5.89. The predicted molar refractivity (Wildman–Crippen MR) is 130 cm³/mol. The van der Waals surface area contributed by atoms with Gasteiger partial charge in [-0.1, -0.05) is 60.7 Å². The van der Waals surface area contributed by atoms with Crippen molar-refractivity contribution in [3.63, 3.8) is 0 Å². The van der Waals surface area contributed by atoms with Crippen molar-refractivity contribution in [1.82, 2.24) is 14.9 Å². The van der Waals surface area contributed by atoms with Crippen LogP contribution in [0.1, 0.15) is 23.6 Å². The fourth-order valence-electron chi connectivity index (χ4n) is 4.28. The molecule has 0 amide bonds. The van der Waals surface area contributed by atoms with Gasteiger partial charge in [-0.2, -0.15) is 0 Å². The lowest BCUT2D eigenvalue weighted by Gasteiger charge is -2.40. The maximum atomic E-state index is 6.43. The summed E-state index contributed by atoms with van der Waals surface area (Å²) in [5, 5.41) is 3.30. The van der Waals surface area contributed by atoms with E-state index in [1.54, 1.807) is 13.4 Å². The third-order valence-electron chi connectivity index (χ3n) is 5.89. The topological polar surface area (TPSA) is 79.5 Å². The molecule has 4 rings (SSSR count). The Morgan fingerprint density at radius 2 is 1.56 bits per heavy atom. The highest BCUT2D eigenvalue weighted by Crippen LogP contribution is 2.32. The summed E-state index contributed by atoms with van der Waals surface area (Å²) in [4.78, 5) is 13.6. The van der Waals surface area contributed by atoms with Crippen molar-refractivity contribution in [3.05, 3.63) is 78.1 Å². The zero-order chi connectivity index (χ0) is 22.2. The van der Waals surface area contributed by atoms with Crippen molar-refractivity contribution in [2.24, 2.45) is 0 Å². The molecule has 3 N–H and O–H groups in total. The number of nitrogen functional groups attached to an aromatic ring is 1. The molecular weight excluding hydrogens is 400 g/mol. The van der Waals surface area contributed by atoms with Gasteiger partial charge in [0.1, 0.15) is 12.0 Å². The Hall–Kier alpha value is -3.16. The van der Waals surface area contributed by atoms with Gasteiger partial charge in [0.2, 0.25) is 0 Å². The number of anilines is 3. The first-order valence-electron chi connectivity index (χ1n) is 11.2. The van der Waals surface area contributed by atoms with Gasteiger partial charge in [-0.25, -0.2) is 9.97 Å². The zero-order valence-electron chi connectivity index (χ0n) is 18.7. The van der Waals surface area contributed by atoms with E-state index in [2.05, 4.69) is 85.7 Å². The van der Waals surface area contributed by atoms with Crippen molar-refractivity contribution >= 4 is 17.3 Å². The van der Waals surface area contributed by atoms with Crippen LogP contribution in [0, 0.1) is 0 Å². The lowest BCUT2D eigenvalue weighted by atomic mass is 9.96. The van der Waals surface area contributed by atoms with Gasteiger partial charge < -0.3 is 20.7 Å². The molecule has 0 atom stereocenters. The molecule has 3 aromatic rings. The lowest BCUT2D eigenvalue weighted by Crippen LogP contribution is -2.48. The van der Waals surface area contributed by atoms with Gasteiger partial charge in [-0.15, -0.1) is 0 Å². The van der Waals surface area contributed by atoms with Gasteiger partial charge >= 0.3 is 0 Å². The van der Waals surface area contributed by atoms with Crippen LogP contribution in [-0.4, -0.2) is 61.3 Å². The molecule has 168 valence electrons. The Labute approximate surface area is 190 Å². The summed E-state index contributed by atoms with van der Waals surface area (Å²) in [6, 6.07) is 21.7. The molecule has 1 aromatic heterocycles. The number of nitrogens with zero attached hydrogens (tertiary/aromatic N) is 4. The quantitative estimate of drug-likeness (QED) is 0.502. The monoisotopic (exact) mass is 432 g/mol. The molecule has 7 nitrogen and oxygen atoms in total. The molecule has 1 fully saturated rings. The summed E-state index contributed by atoms with van der Waals surface area (Å²) in [5.41, 5.74) is 9.68. The van der Waals surface area contributed by atoms with E-state index in [1.807, 2.05) is 0 Å². The number of hydrogen-bond acceptors (Lipinski definition) is 7. The maximum absolute atomic E-state index is 6.43. The number of ether oxygens (including phenoxy) is 1. The van der Waals surface area contributed by atoms with Crippen LogP contribution in [0.4, 0.5) is 17.3 Å². The SMILES string of the molecule is COCCCNc1ncnc(N2CCN(C(c3ccccc3)c3ccccc3)CC2)c1N. The molecule has 7 heteroatoms. The van der Waals surface area contributed by atoms with Crippen molar-refractivity contribution in [2.75, 3.05) is 62.4 Å². The third kappa shape index (κ3) is 5.18. The molecule has 2 aromatic carbocycles. The van der Waals surface area contributed by atoms with E-state index in [4.69, 9.17) is 10.5 Å². The number of piperazine rings is 1. The molecule has 0 saturated carbocycles. The Bertz CT molecular complexity index is 921. The van der Waals surface area contributed by atoms with E-state index < -0.39 is 0 Å². The number of aromatic nitrogens is 2. The van der Waals surface area contributed by atoms with Gasteiger partial charge in [0.25, 0.3) is 0 Å². The van der Waals surface area contributed by atoms with E-state index in [1.165, 1.54) is 11.1 Å². The fraction of sp³-hybridized carbons (Fsp3) is 0.360. The van der Waals surface area contributed by atoms with Crippen molar-refractivity contribution < 1.29 is 4.74 Å². The number of nitrogens with one attached hydrogen (secondary N) is 1. The molecule has 2 heterocycles. The average Bonchev–Trinajstić information content (AvgIpc) is 2.85. The van der Waals surface area contributed by atoms with Gasteiger partial charge in [-0.05, 0) is 17.5 Å².